The predicted molar refractivity (Wildman–Crippen MR) is 112 cm³/mol. The van der Waals surface area contributed by atoms with Gasteiger partial charge in [-0.25, -0.2) is 4.79 Å². The van der Waals surface area contributed by atoms with Gasteiger partial charge in [-0.05, 0) is 55.2 Å². The maximum absolute atomic E-state index is 12.3. The van der Waals surface area contributed by atoms with Crippen molar-refractivity contribution in [1.29, 1.82) is 0 Å². The SMILES string of the molecule is CCCc1cc(=O)oc2cc(OCC(=O)Nc3c(C)cc(C)cc3Cl)ccc12. The fourth-order valence-electron chi connectivity index (χ4n) is 3.17. The van der Waals surface area contributed by atoms with E-state index in [1.54, 1.807) is 18.2 Å². The van der Waals surface area contributed by atoms with Gasteiger partial charge in [0.05, 0.1) is 10.7 Å². The fraction of sp³-hybridized carbons (Fsp3) is 0.273. The van der Waals surface area contributed by atoms with Crippen LogP contribution in [0.15, 0.2) is 45.6 Å². The van der Waals surface area contributed by atoms with Crippen LogP contribution in [0.3, 0.4) is 0 Å². The summed E-state index contributed by atoms with van der Waals surface area (Å²) in [5.41, 5.74) is 3.49. The van der Waals surface area contributed by atoms with Crippen molar-refractivity contribution in [3.63, 3.8) is 0 Å². The number of amides is 1. The van der Waals surface area contributed by atoms with Crippen LogP contribution in [-0.4, -0.2) is 12.5 Å². The lowest BCUT2D eigenvalue weighted by Crippen LogP contribution is -2.21. The molecule has 0 radical (unpaired) electrons. The number of hydrogen-bond donors (Lipinski definition) is 1. The van der Waals surface area contributed by atoms with Crippen LogP contribution >= 0.6 is 11.6 Å². The number of nitrogens with one attached hydrogen (secondary N) is 1. The lowest BCUT2D eigenvalue weighted by atomic mass is 10.1. The van der Waals surface area contributed by atoms with E-state index in [-0.39, 0.29) is 12.5 Å². The van der Waals surface area contributed by atoms with E-state index >= 15 is 0 Å². The first kappa shape index (κ1) is 20.0. The number of hydrogen-bond acceptors (Lipinski definition) is 4. The summed E-state index contributed by atoms with van der Waals surface area (Å²) >= 11 is 6.22. The van der Waals surface area contributed by atoms with Gasteiger partial charge < -0.3 is 14.5 Å². The first-order valence-corrected chi connectivity index (χ1v) is 9.51. The highest BCUT2D eigenvalue weighted by molar-refractivity contribution is 6.34. The van der Waals surface area contributed by atoms with E-state index in [0.29, 0.717) is 22.0 Å². The van der Waals surface area contributed by atoms with Gasteiger partial charge in [-0.1, -0.05) is 31.0 Å². The van der Waals surface area contributed by atoms with Crippen molar-refractivity contribution in [2.45, 2.75) is 33.6 Å². The molecule has 0 saturated heterocycles. The summed E-state index contributed by atoms with van der Waals surface area (Å²) in [4.78, 5) is 24.0. The lowest BCUT2D eigenvalue weighted by Gasteiger charge is -2.12. The Bertz CT molecular complexity index is 1060. The molecule has 2 aromatic carbocycles. The van der Waals surface area contributed by atoms with Crippen molar-refractivity contribution in [3.05, 3.63) is 68.5 Å². The van der Waals surface area contributed by atoms with Crippen LogP contribution in [0.4, 0.5) is 5.69 Å². The molecule has 0 aliphatic heterocycles. The molecule has 0 unspecified atom stereocenters. The van der Waals surface area contributed by atoms with Crippen molar-refractivity contribution in [2.24, 2.45) is 0 Å². The zero-order chi connectivity index (χ0) is 20.3. The Morgan fingerprint density at radius 1 is 1.18 bits per heavy atom. The first-order chi connectivity index (χ1) is 13.4. The largest absolute Gasteiger partial charge is 0.484 e. The average molecular weight is 400 g/mol. The summed E-state index contributed by atoms with van der Waals surface area (Å²) in [7, 11) is 0. The van der Waals surface area contributed by atoms with E-state index in [4.69, 9.17) is 20.8 Å². The maximum atomic E-state index is 12.3. The second-order valence-corrected chi connectivity index (χ2v) is 7.18. The molecule has 0 aliphatic rings. The summed E-state index contributed by atoms with van der Waals surface area (Å²) < 4.78 is 10.9. The number of rotatable bonds is 6. The van der Waals surface area contributed by atoms with Gasteiger partial charge in [-0.3, -0.25) is 4.79 Å². The third-order valence-electron chi connectivity index (χ3n) is 4.39. The fourth-order valence-corrected chi connectivity index (χ4v) is 3.54. The molecule has 0 spiro atoms. The number of benzene rings is 2. The van der Waals surface area contributed by atoms with Crippen LogP contribution in [0.2, 0.25) is 5.02 Å². The average Bonchev–Trinajstić information content (AvgIpc) is 2.62. The molecular formula is C22H22ClNO4. The van der Waals surface area contributed by atoms with E-state index in [0.717, 1.165) is 34.9 Å². The van der Waals surface area contributed by atoms with Gasteiger partial charge >= 0.3 is 5.63 Å². The highest BCUT2D eigenvalue weighted by Gasteiger charge is 2.11. The molecule has 1 heterocycles. The van der Waals surface area contributed by atoms with Crippen LogP contribution in [0.1, 0.15) is 30.0 Å². The van der Waals surface area contributed by atoms with Crippen LogP contribution in [0.5, 0.6) is 5.75 Å². The van der Waals surface area contributed by atoms with Crippen molar-refractivity contribution in [3.8, 4) is 5.75 Å². The summed E-state index contributed by atoms with van der Waals surface area (Å²) in [5, 5.41) is 4.14. The van der Waals surface area contributed by atoms with Gasteiger partial charge in [0, 0.05) is 17.5 Å². The summed E-state index contributed by atoms with van der Waals surface area (Å²) in [6, 6.07) is 10.5. The van der Waals surface area contributed by atoms with Crippen LogP contribution in [0.25, 0.3) is 11.0 Å². The Balaban J connectivity index is 1.73. The number of halogens is 1. The van der Waals surface area contributed by atoms with Crippen molar-refractivity contribution >= 4 is 34.2 Å². The van der Waals surface area contributed by atoms with Gasteiger partial charge in [-0.15, -0.1) is 0 Å². The quantitative estimate of drug-likeness (QED) is 0.590. The minimum absolute atomic E-state index is 0.186. The predicted octanol–water partition coefficient (Wildman–Crippen LogP) is 5.03. The third-order valence-corrected chi connectivity index (χ3v) is 4.69. The van der Waals surface area contributed by atoms with Gasteiger partial charge in [-0.2, -0.15) is 0 Å². The molecule has 3 rings (SSSR count). The van der Waals surface area contributed by atoms with E-state index in [1.165, 1.54) is 6.07 Å². The monoisotopic (exact) mass is 399 g/mol. The van der Waals surface area contributed by atoms with Crippen molar-refractivity contribution in [1.82, 2.24) is 0 Å². The molecule has 1 N–H and O–H groups in total. The number of carbonyl (C=O) groups excluding carboxylic acids is 1. The van der Waals surface area contributed by atoms with Crippen LogP contribution in [-0.2, 0) is 11.2 Å². The highest BCUT2D eigenvalue weighted by atomic mass is 35.5. The molecular weight excluding hydrogens is 378 g/mol. The maximum Gasteiger partial charge on any atom is 0.336 e. The van der Waals surface area contributed by atoms with Gasteiger partial charge in [0.2, 0.25) is 0 Å². The molecule has 1 amide bonds. The molecule has 6 heteroatoms. The topological polar surface area (TPSA) is 68.5 Å². The Morgan fingerprint density at radius 2 is 1.96 bits per heavy atom. The van der Waals surface area contributed by atoms with Crippen molar-refractivity contribution < 1.29 is 13.9 Å². The number of aryl methyl sites for hydroxylation is 3. The molecule has 0 saturated carbocycles. The van der Waals surface area contributed by atoms with E-state index in [2.05, 4.69) is 12.2 Å². The Labute approximate surface area is 168 Å². The Kier molecular flexibility index (Phi) is 6.05. The van der Waals surface area contributed by atoms with Gasteiger partial charge in [0.1, 0.15) is 11.3 Å². The Morgan fingerprint density at radius 3 is 2.68 bits per heavy atom. The normalized spacial score (nSPS) is 10.9. The van der Waals surface area contributed by atoms with Gasteiger partial charge in [0.25, 0.3) is 5.91 Å². The molecule has 0 fully saturated rings. The second-order valence-electron chi connectivity index (χ2n) is 6.77. The van der Waals surface area contributed by atoms with E-state index in [9.17, 15) is 9.59 Å². The number of ether oxygens (including phenoxy) is 1. The Hall–Kier alpha value is -2.79. The molecule has 0 aliphatic carbocycles. The summed E-state index contributed by atoms with van der Waals surface area (Å²) in [6.45, 7) is 5.69. The molecule has 1 aromatic heterocycles. The number of carbonyl (C=O) groups is 1. The molecule has 5 nitrogen and oxygen atoms in total. The van der Waals surface area contributed by atoms with Crippen LogP contribution in [0, 0.1) is 13.8 Å². The zero-order valence-electron chi connectivity index (χ0n) is 16.1. The van der Waals surface area contributed by atoms with Crippen LogP contribution < -0.4 is 15.7 Å². The lowest BCUT2D eigenvalue weighted by molar-refractivity contribution is -0.118. The standard InChI is InChI=1S/C22H22ClNO4/c1-4-5-15-10-21(26)28-19-11-16(6-7-17(15)19)27-12-20(25)24-22-14(3)8-13(2)9-18(22)23/h6-11H,4-5,12H2,1-3H3,(H,24,25). The molecule has 3 aromatic rings. The van der Waals surface area contributed by atoms with Gasteiger partial charge in [0.15, 0.2) is 6.61 Å². The first-order valence-electron chi connectivity index (χ1n) is 9.13. The second kappa shape index (κ2) is 8.48. The third kappa shape index (κ3) is 4.54. The molecule has 0 bridgehead atoms. The highest BCUT2D eigenvalue weighted by Crippen LogP contribution is 2.27. The zero-order valence-corrected chi connectivity index (χ0v) is 16.9. The minimum Gasteiger partial charge on any atom is -0.484 e. The van der Waals surface area contributed by atoms with E-state index < -0.39 is 5.63 Å². The molecule has 28 heavy (non-hydrogen) atoms. The summed E-state index contributed by atoms with van der Waals surface area (Å²) in [6.07, 6.45) is 1.72. The summed E-state index contributed by atoms with van der Waals surface area (Å²) in [5.74, 6) is 0.126. The molecule has 0 atom stereocenters. The number of fused-ring (bicyclic) bond motifs is 1. The van der Waals surface area contributed by atoms with Crippen molar-refractivity contribution in [2.75, 3.05) is 11.9 Å². The van der Waals surface area contributed by atoms with E-state index in [1.807, 2.05) is 26.0 Å². The minimum atomic E-state index is -0.393. The molecule has 146 valence electrons. The number of anilines is 1. The smallest absolute Gasteiger partial charge is 0.336 e.